The molecule has 0 aliphatic carbocycles. The highest BCUT2D eigenvalue weighted by molar-refractivity contribution is 6.34. The molecular weight excluding hydrogens is 358 g/mol. The van der Waals surface area contributed by atoms with Gasteiger partial charge in [0.25, 0.3) is 0 Å². The van der Waals surface area contributed by atoms with Crippen LogP contribution in [0.5, 0.6) is 11.5 Å². The normalized spacial score (nSPS) is 12.6. The van der Waals surface area contributed by atoms with Gasteiger partial charge in [0.05, 0.1) is 22.9 Å². The molecule has 0 radical (unpaired) electrons. The number of ether oxygens (including phenoxy) is 2. The van der Waals surface area contributed by atoms with Gasteiger partial charge in [-0.25, -0.2) is 4.39 Å². The fraction of sp³-hybridized carbons (Fsp3) is 0.188. The molecule has 24 heavy (non-hydrogen) atoms. The van der Waals surface area contributed by atoms with Gasteiger partial charge in [-0.3, -0.25) is 4.79 Å². The third-order valence-corrected chi connectivity index (χ3v) is 3.82. The highest BCUT2D eigenvalue weighted by atomic mass is 35.5. The molecule has 2 aromatic carbocycles. The molecule has 126 valence electrons. The van der Waals surface area contributed by atoms with Crippen LogP contribution in [-0.4, -0.2) is 25.7 Å². The number of rotatable bonds is 4. The second-order valence-electron chi connectivity index (χ2n) is 5.00. The number of nitrogens with one attached hydrogen (secondary N) is 2. The van der Waals surface area contributed by atoms with Gasteiger partial charge in [-0.15, -0.1) is 0 Å². The summed E-state index contributed by atoms with van der Waals surface area (Å²) in [5, 5.41) is 6.02. The summed E-state index contributed by atoms with van der Waals surface area (Å²) in [6, 6.07) is 7.23. The summed E-state index contributed by atoms with van der Waals surface area (Å²) < 4.78 is 24.4. The molecule has 1 amide bonds. The minimum absolute atomic E-state index is 0.144. The first kappa shape index (κ1) is 16.7. The van der Waals surface area contributed by atoms with Gasteiger partial charge in [0.15, 0.2) is 11.5 Å². The lowest BCUT2D eigenvalue weighted by Crippen LogP contribution is -2.22. The number of carbonyl (C=O) groups is 1. The zero-order valence-corrected chi connectivity index (χ0v) is 13.9. The monoisotopic (exact) mass is 370 g/mol. The summed E-state index contributed by atoms with van der Waals surface area (Å²) in [7, 11) is 0. The number of halogens is 3. The van der Waals surface area contributed by atoms with E-state index < -0.39 is 11.7 Å². The van der Waals surface area contributed by atoms with Crippen molar-refractivity contribution in [2.75, 3.05) is 30.4 Å². The second kappa shape index (κ2) is 7.15. The van der Waals surface area contributed by atoms with Gasteiger partial charge in [-0.2, -0.15) is 0 Å². The topological polar surface area (TPSA) is 59.6 Å². The van der Waals surface area contributed by atoms with Crippen LogP contribution < -0.4 is 20.1 Å². The SMILES string of the molecule is O=C(CNc1cc(Cl)ccc1F)Nc1cc2c(cc1Cl)OCCO2. The first-order valence-corrected chi connectivity index (χ1v) is 7.86. The van der Waals surface area contributed by atoms with Crippen molar-refractivity contribution in [3.05, 3.63) is 46.2 Å². The predicted octanol–water partition coefficient (Wildman–Crippen LogP) is 3.95. The Labute approximate surface area is 147 Å². The molecule has 0 bridgehead atoms. The Morgan fingerprint density at radius 1 is 1.08 bits per heavy atom. The molecule has 0 aromatic heterocycles. The van der Waals surface area contributed by atoms with Crippen molar-refractivity contribution in [1.82, 2.24) is 0 Å². The van der Waals surface area contributed by atoms with E-state index >= 15 is 0 Å². The lowest BCUT2D eigenvalue weighted by Gasteiger charge is -2.20. The smallest absolute Gasteiger partial charge is 0.243 e. The first-order chi connectivity index (χ1) is 11.5. The van der Waals surface area contributed by atoms with Gasteiger partial charge >= 0.3 is 0 Å². The highest BCUT2D eigenvalue weighted by Crippen LogP contribution is 2.37. The summed E-state index contributed by atoms with van der Waals surface area (Å²) in [6.45, 7) is 0.726. The number of carbonyl (C=O) groups excluding carboxylic acids is 1. The van der Waals surface area contributed by atoms with Crippen molar-refractivity contribution < 1.29 is 18.7 Å². The molecule has 0 atom stereocenters. The number of amides is 1. The lowest BCUT2D eigenvalue weighted by atomic mass is 10.2. The average Bonchev–Trinajstić information content (AvgIpc) is 2.56. The van der Waals surface area contributed by atoms with Crippen molar-refractivity contribution in [3.63, 3.8) is 0 Å². The number of fused-ring (bicyclic) bond motifs is 1. The van der Waals surface area contributed by atoms with Gasteiger partial charge in [0.2, 0.25) is 5.91 Å². The van der Waals surface area contributed by atoms with Crippen molar-refractivity contribution in [1.29, 1.82) is 0 Å². The van der Waals surface area contributed by atoms with Crippen LogP contribution in [0, 0.1) is 5.82 Å². The van der Waals surface area contributed by atoms with Crippen LogP contribution in [0.1, 0.15) is 0 Å². The number of hydrogen-bond acceptors (Lipinski definition) is 4. The van der Waals surface area contributed by atoms with Crippen molar-refractivity contribution in [2.24, 2.45) is 0 Å². The molecule has 0 saturated carbocycles. The van der Waals surface area contributed by atoms with Gasteiger partial charge < -0.3 is 20.1 Å². The van der Waals surface area contributed by atoms with Crippen LogP contribution in [0.2, 0.25) is 10.0 Å². The molecule has 0 fully saturated rings. The van der Waals surface area contributed by atoms with Gasteiger partial charge in [0.1, 0.15) is 19.0 Å². The molecule has 0 unspecified atom stereocenters. The minimum Gasteiger partial charge on any atom is -0.486 e. The van der Waals surface area contributed by atoms with Gasteiger partial charge in [-0.1, -0.05) is 23.2 Å². The minimum atomic E-state index is -0.496. The molecule has 8 heteroatoms. The van der Waals surface area contributed by atoms with E-state index in [1.54, 1.807) is 12.1 Å². The summed E-state index contributed by atoms with van der Waals surface area (Å²) in [6.07, 6.45) is 0. The van der Waals surface area contributed by atoms with E-state index in [1.807, 2.05) is 0 Å². The van der Waals surface area contributed by atoms with E-state index in [0.717, 1.165) is 0 Å². The van der Waals surface area contributed by atoms with Crippen LogP contribution in [-0.2, 0) is 4.79 Å². The Morgan fingerprint density at radius 3 is 2.54 bits per heavy atom. The molecule has 1 heterocycles. The summed E-state index contributed by atoms with van der Waals surface area (Å²) in [5.74, 6) is 0.149. The van der Waals surface area contributed by atoms with Crippen LogP contribution in [0.15, 0.2) is 30.3 Å². The average molecular weight is 371 g/mol. The Kier molecular flexibility index (Phi) is 4.97. The molecule has 1 aliphatic heterocycles. The molecule has 2 N–H and O–H groups in total. The number of benzene rings is 2. The standard InChI is InChI=1S/C16H13Cl2FN2O3/c17-9-1-2-11(19)13(5-9)20-8-16(22)21-12-7-15-14(6-10(12)18)23-3-4-24-15/h1-2,5-7,20H,3-4,8H2,(H,21,22). The fourth-order valence-corrected chi connectivity index (χ4v) is 2.54. The van der Waals surface area contributed by atoms with Crippen molar-refractivity contribution >= 4 is 40.5 Å². The third-order valence-electron chi connectivity index (χ3n) is 3.27. The maximum atomic E-state index is 13.6. The van der Waals surface area contributed by atoms with E-state index in [2.05, 4.69) is 10.6 Å². The van der Waals surface area contributed by atoms with Gasteiger partial charge in [0, 0.05) is 17.2 Å². The lowest BCUT2D eigenvalue weighted by molar-refractivity contribution is -0.114. The van der Waals surface area contributed by atoms with E-state index in [-0.39, 0.29) is 12.2 Å². The zero-order chi connectivity index (χ0) is 17.1. The molecule has 1 aliphatic rings. The second-order valence-corrected chi connectivity index (χ2v) is 5.85. The Bertz CT molecular complexity index is 786. The van der Waals surface area contributed by atoms with Crippen molar-refractivity contribution in [3.8, 4) is 11.5 Å². The fourth-order valence-electron chi connectivity index (χ4n) is 2.16. The molecular formula is C16H13Cl2FN2O3. The Morgan fingerprint density at radius 2 is 1.79 bits per heavy atom. The molecule has 0 saturated heterocycles. The molecule has 5 nitrogen and oxygen atoms in total. The van der Waals surface area contributed by atoms with E-state index in [1.165, 1.54) is 18.2 Å². The van der Waals surface area contributed by atoms with Gasteiger partial charge in [-0.05, 0) is 18.2 Å². The number of hydrogen-bond donors (Lipinski definition) is 2. The first-order valence-electron chi connectivity index (χ1n) is 7.11. The Balaban J connectivity index is 1.65. The zero-order valence-electron chi connectivity index (χ0n) is 12.4. The van der Waals surface area contributed by atoms with Crippen LogP contribution in [0.4, 0.5) is 15.8 Å². The van der Waals surface area contributed by atoms with E-state index in [4.69, 9.17) is 32.7 Å². The summed E-state index contributed by atoms with van der Waals surface area (Å²) in [5.41, 5.74) is 0.533. The van der Waals surface area contributed by atoms with Crippen molar-refractivity contribution in [2.45, 2.75) is 0 Å². The summed E-state index contributed by atoms with van der Waals surface area (Å²) in [4.78, 5) is 12.0. The molecule has 0 spiro atoms. The molecule has 3 rings (SSSR count). The van der Waals surface area contributed by atoms with Crippen LogP contribution in [0.3, 0.4) is 0 Å². The third kappa shape index (κ3) is 3.83. The van der Waals surface area contributed by atoms with Crippen LogP contribution >= 0.6 is 23.2 Å². The summed E-state index contributed by atoms with van der Waals surface area (Å²) >= 11 is 11.9. The Hall–Kier alpha value is -2.18. The molecule has 2 aromatic rings. The quantitative estimate of drug-likeness (QED) is 0.855. The highest BCUT2D eigenvalue weighted by Gasteiger charge is 2.16. The van der Waals surface area contributed by atoms with Crippen LogP contribution in [0.25, 0.3) is 0 Å². The maximum absolute atomic E-state index is 13.6. The van der Waals surface area contributed by atoms with E-state index in [0.29, 0.717) is 40.4 Å². The predicted molar refractivity (Wildman–Crippen MR) is 91.0 cm³/mol. The maximum Gasteiger partial charge on any atom is 0.243 e. The number of anilines is 2. The van der Waals surface area contributed by atoms with E-state index in [9.17, 15) is 9.18 Å². The largest absolute Gasteiger partial charge is 0.486 e.